The number of pyridine rings is 1. The standard InChI is InChI=1S/C15H17N3O2S2/c1-15(6-8-22(19,20)10-15)18-14(21)17-12-4-5-13-11(9-12)3-2-7-16-13/h2-5,7,9H,6,8,10H2,1H3,(H2,17,18,21)/t15-/m1/s1. The first-order valence-electron chi connectivity index (χ1n) is 7.00. The van der Waals surface area contributed by atoms with Crippen molar-refractivity contribution in [2.24, 2.45) is 0 Å². The van der Waals surface area contributed by atoms with E-state index in [0.717, 1.165) is 16.6 Å². The number of thiocarbonyl (C=S) groups is 1. The van der Waals surface area contributed by atoms with Crippen LogP contribution < -0.4 is 10.6 Å². The molecule has 1 atom stereocenters. The van der Waals surface area contributed by atoms with E-state index in [1.807, 2.05) is 37.3 Å². The Bertz CT molecular complexity index is 836. The molecule has 1 aliphatic rings. The molecule has 0 amide bonds. The number of rotatable bonds is 2. The van der Waals surface area contributed by atoms with E-state index in [1.54, 1.807) is 6.20 Å². The molecule has 1 aliphatic heterocycles. The molecule has 7 heteroatoms. The largest absolute Gasteiger partial charge is 0.356 e. The third-order valence-corrected chi connectivity index (χ3v) is 5.89. The summed E-state index contributed by atoms with van der Waals surface area (Å²) in [6.45, 7) is 1.88. The summed E-state index contributed by atoms with van der Waals surface area (Å²) in [5, 5.41) is 7.70. The van der Waals surface area contributed by atoms with E-state index in [-0.39, 0.29) is 11.5 Å². The van der Waals surface area contributed by atoms with Crippen molar-refractivity contribution in [2.45, 2.75) is 18.9 Å². The number of aromatic nitrogens is 1. The Morgan fingerprint density at radius 2 is 2.18 bits per heavy atom. The van der Waals surface area contributed by atoms with Crippen LogP contribution in [0, 0.1) is 0 Å². The van der Waals surface area contributed by atoms with Crippen LogP contribution in [0.5, 0.6) is 0 Å². The molecule has 0 saturated carbocycles. The van der Waals surface area contributed by atoms with E-state index in [4.69, 9.17) is 12.2 Å². The van der Waals surface area contributed by atoms with E-state index in [0.29, 0.717) is 11.5 Å². The molecule has 0 unspecified atom stereocenters. The van der Waals surface area contributed by atoms with Crippen molar-refractivity contribution in [2.75, 3.05) is 16.8 Å². The van der Waals surface area contributed by atoms with Gasteiger partial charge in [-0.2, -0.15) is 0 Å². The molecule has 1 fully saturated rings. The van der Waals surface area contributed by atoms with Gasteiger partial charge in [-0.25, -0.2) is 8.42 Å². The number of anilines is 1. The lowest BCUT2D eigenvalue weighted by atomic mass is 10.0. The van der Waals surface area contributed by atoms with Crippen molar-refractivity contribution in [3.05, 3.63) is 36.5 Å². The second-order valence-corrected chi connectivity index (χ2v) is 8.49. The smallest absolute Gasteiger partial charge is 0.171 e. The summed E-state index contributed by atoms with van der Waals surface area (Å²) < 4.78 is 23.2. The van der Waals surface area contributed by atoms with Gasteiger partial charge in [-0.3, -0.25) is 4.98 Å². The maximum Gasteiger partial charge on any atom is 0.171 e. The molecule has 2 N–H and O–H groups in total. The van der Waals surface area contributed by atoms with Crippen molar-refractivity contribution < 1.29 is 8.42 Å². The van der Waals surface area contributed by atoms with Gasteiger partial charge in [0.25, 0.3) is 0 Å². The predicted molar refractivity (Wildman–Crippen MR) is 92.8 cm³/mol. The fourth-order valence-corrected chi connectivity index (χ4v) is 5.16. The third-order valence-electron chi connectivity index (χ3n) is 3.78. The van der Waals surface area contributed by atoms with E-state index in [1.165, 1.54) is 0 Å². The molecule has 0 bridgehead atoms. The Labute approximate surface area is 135 Å². The normalized spacial score (nSPS) is 23.3. The Balaban J connectivity index is 1.71. The van der Waals surface area contributed by atoms with E-state index >= 15 is 0 Å². The van der Waals surface area contributed by atoms with Crippen molar-refractivity contribution in [1.82, 2.24) is 10.3 Å². The number of fused-ring (bicyclic) bond motifs is 1. The maximum atomic E-state index is 11.6. The van der Waals surface area contributed by atoms with Crippen LogP contribution in [0.15, 0.2) is 36.5 Å². The SMILES string of the molecule is C[C@@]1(NC(=S)Nc2ccc3ncccc3c2)CCS(=O)(=O)C1. The summed E-state index contributed by atoms with van der Waals surface area (Å²) in [6, 6.07) is 9.64. The lowest BCUT2D eigenvalue weighted by Crippen LogP contribution is -2.48. The van der Waals surface area contributed by atoms with Gasteiger partial charge in [0.1, 0.15) is 0 Å². The molecule has 1 aromatic carbocycles. The minimum atomic E-state index is -2.96. The van der Waals surface area contributed by atoms with Crippen LogP contribution in [0.4, 0.5) is 5.69 Å². The zero-order valence-electron chi connectivity index (χ0n) is 12.2. The van der Waals surface area contributed by atoms with Gasteiger partial charge in [0, 0.05) is 17.3 Å². The number of hydrogen-bond donors (Lipinski definition) is 2. The van der Waals surface area contributed by atoms with Gasteiger partial charge in [-0.05, 0) is 49.8 Å². The highest BCUT2D eigenvalue weighted by atomic mass is 32.2. The third kappa shape index (κ3) is 3.36. The summed E-state index contributed by atoms with van der Waals surface area (Å²) in [6.07, 6.45) is 2.32. The first-order chi connectivity index (χ1) is 10.4. The van der Waals surface area contributed by atoms with Gasteiger partial charge in [0.15, 0.2) is 14.9 Å². The van der Waals surface area contributed by atoms with Crippen LogP contribution in [-0.2, 0) is 9.84 Å². The second kappa shape index (κ2) is 5.48. The van der Waals surface area contributed by atoms with Gasteiger partial charge < -0.3 is 10.6 Å². The number of sulfone groups is 1. The Morgan fingerprint density at radius 1 is 1.36 bits per heavy atom. The van der Waals surface area contributed by atoms with Gasteiger partial charge in [-0.1, -0.05) is 6.07 Å². The molecule has 2 aromatic rings. The molecule has 0 aliphatic carbocycles. The highest BCUT2D eigenvalue weighted by Crippen LogP contribution is 2.23. The minimum Gasteiger partial charge on any atom is -0.356 e. The zero-order chi connectivity index (χ0) is 15.8. The second-order valence-electron chi connectivity index (χ2n) is 5.89. The molecule has 2 heterocycles. The first-order valence-corrected chi connectivity index (χ1v) is 9.23. The van der Waals surface area contributed by atoms with Gasteiger partial charge >= 0.3 is 0 Å². The van der Waals surface area contributed by atoms with Crippen LogP contribution in [0.25, 0.3) is 10.9 Å². The zero-order valence-corrected chi connectivity index (χ0v) is 13.8. The maximum absolute atomic E-state index is 11.6. The lowest BCUT2D eigenvalue weighted by Gasteiger charge is -2.26. The number of nitrogens with one attached hydrogen (secondary N) is 2. The van der Waals surface area contributed by atoms with Crippen molar-refractivity contribution in [3.8, 4) is 0 Å². The monoisotopic (exact) mass is 335 g/mol. The van der Waals surface area contributed by atoms with Gasteiger partial charge in [0.05, 0.1) is 22.6 Å². The summed E-state index contributed by atoms with van der Waals surface area (Å²) in [5.41, 5.74) is 1.27. The van der Waals surface area contributed by atoms with Crippen molar-refractivity contribution in [1.29, 1.82) is 0 Å². The molecular weight excluding hydrogens is 318 g/mol. The molecule has 116 valence electrons. The number of nitrogens with zero attached hydrogens (tertiary/aromatic N) is 1. The van der Waals surface area contributed by atoms with Crippen LogP contribution in [0.1, 0.15) is 13.3 Å². The molecule has 22 heavy (non-hydrogen) atoms. The van der Waals surface area contributed by atoms with Gasteiger partial charge in [-0.15, -0.1) is 0 Å². The Hall–Kier alpha value is -1.73. The number of hydrogen-bond acceptors (Lipinski definition) is 4. The fraction of sp³-hybridized carbons (Fsp3) is 0.333. The Kier molecular flexibility index (Phi) is 3.78. The molecule has 1 aromatic heterocycles. The van der Waals surface area contributed by atoms with Crippen LogP contribution in [0.3, 0.4) is 0 Å². The van der Waals surface area contributed by atoms with E-state index in [9.17, 15) is 8.42 Å². The molecular formula is C15H17N3O2S2. The van der Waals surface area contributed by atoms with Crippen LogP contribution in [0.2, 0.25) is 0 Å². The van der Waals surface area contributed by atoms with Crippen molar-refractivity contribution >= 4 is 43.8 Å². The van der Waals surface area contributed by atoms with Gasteiger partial charge in [0.2, 0.25) is 0 Å². The molecule has 3 rings (SSSR count). The number of benzene rings is 1. The topological polar surface area (TPSA) is 71.1 Å². The quantitative estimate of drug-likeness (QED) is 0.819. The minimum absolute atomic E-state index is 0.115. The van der Waals surface area contributed by atoms with Crippen LogP contribution in [-0.4, -0.2) is 35.6 Å². The average Bonchev–Trinajstić information content (AvgIpc) is 2.72. The summed E-state index contributed by atoms with van der Waals surface area (Å²) >= 11 is 5.31. The molecule has 1 saturated heterocycles. The van der Waals surface area contributed by atoms with Crippen LogP contribution >= 0.6 is 12.2 Å². The highest BCUT2D eigenvalue weighted by molar-refractivity contribution is 7.91. The molecule has 5 nitrogen and oxygen atoms in total. The predicted octanol–water partition coefficient (Wildman–Crippen LogP) is 2.10. The van der Waals surface area contributed by atoms with E-state index < -0.39 is 15.4 Å². The van der Waals surface area contributed by atoms with E-state index in [2.05, 4.69) is 15.6 Å². The average molecular weight is 335 g/mol. The molecule has 0 spiro atoms. The fourth-order valence-electron chi connectivity index (χ4n) is 2.70. The lowest BCUT2D eigenvalue weighted by molar-refractivity contribution is 0.474. The summed E-state index contributed by atoms with van der Waals surface area (Å²) in [7, 11) is -2.96. The Morgan fingerprint density at radius 3 is 2.91 bits per heavy atom. The highest BCUT2D eigenvalue weighted by Gasteiger charge is 2.38. The first kappa shape index (κ1) is 15.2. The molecule has 0 radical (unpaired) electrons. The summed E-state index contributed by atoms with van der Waals surface area (Å²) in [4.78, 5) is 4.27. The van der Waals surface area contributed by atoms with Crippen molar-refractivity contribution in [3.63, 3.8) is 0 Å². The summed E-state index contributed by atoms with van der Waals surface area (Å²) in [5.74, 6) is 0.324.